The van der Waals surface area contributed by atoms with Crippen LogP contribution in [0.25, 0.3) is 10.9 Å². The van der Waals surface area contributed by atoms with Gasteiger partial charge in [0, 0.05) is 28.3 Å². The van der Waals surface area contributed by atoms with Crippen molar-refractivity contribution in [2.45, 2.75) is 6.42 Å². The van der Waals surface area contributed by atoms with Crippen LogP contribution < -0.4 is 11.1 Å². The van der Waals surface area contributed by atoms with E-state index in [9.17, 15) is 0 Å². The fraction of sp³-hybridized carbons (Fsp3) is 0.250. The first-order valence-electron chi connectivity index (χ1n) is 5.29. The molecular weight excluding hydrogens is 266 g/mol. The molecule has 16 heavy (non-hydrogen) atoms. The number of aromatic nitrogens is 1. The predicted octanol–water partition coefficient (Wildman–Crippen LogP) is 2.76. The van der Waals surface area contributed by atoms with Gasteiger partial charge < -0.3 is 11.1 Å². The molecule has 0 saturated carbocycles. The third-order valence-electron chi connectivity index (χ3n) is 2.40. The van der Waals surface area contributed by atoms with Crippen LogP contribution in [0.5, 0.6) is 0 Å². The van der Waals surface area contributed by atoms with E-state index in [-0.39, 0.29) is 0 Å². The van der Waals surface area contributed by atoms with Crippen LogP contribution in [0.15, 0.2) is 34.9 Å². The standard InChI is InChI=1S/C12H14BrN3/c13-9-2-3-10-11(15-6-1-5-14)4-7-16-12(10)8-9/h2-4,7-8H,1,5-6,14H2,(H,15,16). The topological polar surface area (TPSA) is 50.9 Å². The molecule has 1 aromatic carbocycles. The lowest BCUT2D eigenvalue weighted by molar-refractivity contribution is 0.875. The molecule has 0 saturated heterocycles. The van der Waals surface area contributed by atoms with Crippen molar-refractivity contribution >= 4 is 32.5 Å². The Balaban J connectivity index is 2.30. The number of halogens is 1. The molecule has 0 amide bonds. The van der Waals surface area contributed by atoms with E-state index in [4.69, 9.17) is 5.73 Å². The molecule has 3 N–H and O–H groups in total. The Hall–Kier alpha value is -1.13. The third-order valence-corrected chi connectivity index (χ3v) is 2.89. The van der Waals surface area contributed by atoms with Gasteiger partial charge in [-0.2, -0.15) is 0 Å². The molecule has 0 radical (unpaired) electrons. The number of nitrogens with one attached hydrogen (secondary N) is 1. The largest absolute Gasteiger partial charge is 0.384 e. The van der Waals surface area contributed by atoms with Crippen molar-refractivity contribution in [2.24, 2.45) is 5.73 Å². The smallest absolute Gasteiger partial charge is 0.0733 e. The number of anilines is 1. The van der Waals surface area contributed by atoms with Gasteiger partial charge >= 0.3 is 0 Å². The Labute approximate surface area is 103 Å². The second-order valence-corrected chi connectivity index (χ2v) is 4.50. The van der Waals surface area contributed by atoms with Gasteiger partial charge in [-0.15, -0.1) is 0 Å². The number of nitrogens with two attached hydrogens (primary N) is 1. The molecule has 0 aliphatic rings. The summed E-state index contributed by atoms with van der Waals surface area (Å²) >= 11 is 3.44. The average molecular weight is 280 g/mol. The number of pyridine rings is 1. The van der Waals surface area contributed by atoms with Crippen LogP contribution in [-0.4, -0.2) is 18.1 Å². The summed E-state index contributed by atoms with van der Waals surface area (Å²) in [7, 11) is 0. The predicted molar refractivity (Wildman–Crippen MR) is 71.6 cm³/mol. The van der Waals surface area contributed by atoms with Crippen LogP contribution >= 0.6 is 15.9 Å². The zero-order valence-electron chi connectivity index (χ0n) is 8.91. The maximum Gasteiger partial charge on any atom is 0.0733 e. The molecular formula is C12H14BrN3. The second-order valence-electron chi connectivity index (χ2n) is 3.59. The summed E-state index contributed by atoms with van der Waals surface area (Å²) in [6.07, 6.45) is 2.79. The molecule has 2 aromatic rings. The Kier molecular flexibility index (Phi) is 3.74. The minimum Gasteiger partial charge on any atom is -0.384 e. The number of hydrogen-bond donors (Lipinski definition) is 2. The highest BCUT2D eigenvalue weighted by atomic mass is 79.9. The van der Waals surface area contributed by atoms with E-state index in [1.54, 1.807) is 0 Å². The Morgan fingerprint density at radius 2 is 2.19 bits per heavy atom. The molecule has 1 aromatic heterocycles. The molecule has 0 aliphatic carbocycles. The van der Waals surface area contributed by atoms with Crippen LogP contribution in [-0.2, 0) is 0 Å². The van der Waals surface area contributed by atoms with E-state index in [1.165, 1.54) is 0 Å². The highest BCUT2D eigenvalue weighted by Crippen LogP contribution is 2.24. The van der Waals surface area contributed by atoms with Crippen molar-refractivity contribution in [1.29, 1.82) is 0 Å². The molecule has 0 unspecified atom stereocenters. The van der Waals surface area contributed by atoms with Crippen molar-refractivity contribution < 1.29 is 0 Å². The first-order valence-corrected chi connectivity index (χ1v) is 6.09. The highest BCUT2D eigenvalue weighted by molar-refractivity contribution is 9.10. The number of hydrogen-bond acceptors (Lipinski definition) is 3. The number of nitrogens with zero attached hydrogens (tertiary/aromatic N) is 1. The molecule has 0 fully saturated rings. The quantitative estimate of drug-likeness (QED) is 0.847. The van der Waals surface area contributed by atoms with E-state index in [0.717, 1.165) is 34.0 Å². The van der Waals surface area contributed by atoms with Gasteiger partial charge in [-0.1, -0.05) is 15.9 Å². The Bertz CT molecular complexity index is 485. The summed E-state index contributed by atoms with van der Waals surface area (Å²) in [5.41, 5.74) is 7.58. The summed E-state index contributed by atoms with van der Waals surface area (Å²) in [4.78, 5) is 4.34. The van der Waals surface area contributed by atoms with E-state index in [2.05, 4.69) is 32.3 Å². The molecule has 3 nitrogen and oxygen atoms in total. The first-order chi connectivity index (χ1) is 7.81. The molecule has 84 valence electrons. The zero-order chi connectivity index (χ0) is 11.4. The van der Waals surface area contributed by atoms with Crippen LogP contribution in [0.2, 0.25) is 0 Å². The molecule has 1 heterocycles. The van der Waals surface area contributed by atoms with E-state index >= 15 is 0 Å². The van der Waals surface area contributed by atoms with Gasteiger partial charge in [0.05, 0.1) is 5.52 Å². The fourth-order valence-electron chi connectivity index (χ4n) is 1.60. The molecule has 0 aliphatic heterocycles. The van der Waals surface area contributed by atoms with Crippen molar-refractivity contribution in [2.75, 3.05) is 18.4 Å². The van der Waals surface area contributed by atoms with Crippen molar-refractivity contribution in [3.8, 4) is 0 Å². The van der Waals surface area contributed by atoms with Crippen LogP contribution in [0.4, 0.5) is 5.69 Å². The van der Waals surface area contributed by atoms with Gasteiger partial charge in [-0.05, 0) is 37.2 Å². The van der Waals surface area contributed by atoms with Crippen LogP contribution in [0.1, 0.15) is 6.42 Å². The normalized spacial score (nSPS) is 10.6. The summed E-state index contributed by atoms with van der Waals surface area (Å²) < 4.78 is 1.05. The lowest BCUT2D eigenvalue weighted by Crippen LogP contribution is -2.08. The van der Waals surface area contributed by atoms with E-state index in [0.29, 0.717) is 6.54 Å². The van der Waals surface area contributed by atoms with Crippen LogP contribution in [0.3, 0.4) is 0 Å². The lowest BCUT2D eigenvalue weighted by atomic mass is 10.2. The van der Waals surface area contributed by atoms with E-state index in [1.807, 2.05) is 24.4 Å². The van der Waals surface area contributed by atoms with Crippen molar-refractivity contribution in [3.05, 3.63) is 34.9 Å². The number of rotatable bonds is 4. The summed E-state index contributed by atoms with van der Waals surface area (Å²) in [5.74, 6) is 0. The van der Waals surface area contributed by atoms with Crippen molar-refractivity contribution in [3.63, 3.8) is 0 Å². The molecule has 4 heteroatoms. The summed E-state index contributed by atoms with van der Waals surface area (Å²) in [5, 5.41) is 4.51. The fourth-order valence-corrected chi connectivity index (χ4v) is 1.95. The Morgan fingerprint density at radius 3 is 3.00 bits per heavy atom. The van der Waals surface area contributed by atoms with Gasteiger partial charge in [0.15, 0.2) is 0 Å². The van der Waals surface area contributed by atoms with Gasteiger partial charge in [-0.3, -0.25) is 4.98 Å². The average Bonchev–Trinajstić information content (AvgIpc) is 2.29. The van der Waals surface area contributed by atoms with E-state index < -0.39 is 0 Å². The van der Waals surface area contributed by atoms with Crippen LogP contribution in [0, 0.1) is 0 Å². The SMILES string of the molecule is NCCCNc1ccnc2cc(Br)ccc12. The minimum absolute atomic E-state index is 0.710. The summed E-state index contributed by atoms with van der Waals surface area (Å²) in [6.45, 7) is 1.60. The lowest BCUT2D eigenvalue weighted by Gasteiger charge is -2.08. The number of fused-ring (bicyclic) bond motifs is 1. The summed E-state index contributed by atoms with van der Waals surface area (Å²) in [6, 6.07) is 8.10. The maximum atomic E-state index is 5.47. The zero-order valence-corrected chi connectivity index (χ0v) is 10.5. The maximum absolute atomic E-state index is 5.47. The minimum atomic E-state index is 0.710. The third kappa shape index (κ3) is 2.51. The number of benzene rings is 1. The second kappa shape index (κ2) is 5.27. The molecule has 0 spiro atoms. The van der Waals surface area contributed by atoms with Gasteiger partial charge in [0.25, 0.3) is 0 Å². The molecule has 0 bridgehead atoms. The monoisotopic (exact) mass is 279 g/mol. The van der Waals surface area contributed by atoms with Gasteiger partial charge in [0.2, 0.25) is 0 Å². The Morgan fingerprint density at radius 1 is 1.31 bits per heavy atom. The van der Waals surface area contributed by atoms with Gasteiger partial charge in [-0.25, -0.2) is 0 Å². The van der Waals surface area contributed by atoms with Crippen molar-refractivity contribution in [1.82, 2.24) is 4.98 Å². The molecule has 0 atom stereocenters. The highest BCUT2D eigenvalue weighted by Gasteiger charge is 2.01. The molecule has 2 rings (SSSR count). The first kappa shape index (κ1) is 11.4. The van der Waals surface area contributed by atoms with Gasteiger partial charge in [0.1, 0.15) is 0 Å².